The van der Waals surface area contributed by atoms with Crippen LogP contribution in [0.1, 0.15) is 16.1 Å². The normalized spacial score (nSPS) is 10.5. The molecule has 3 rings (SSSR count). The summed E-state index contributed by atoms with van der Waals surface area (Å²) in [4.78, 5) is 16.2. The average Bonchev–Trinajstić information content (AvgIpc) is 2.56. The number of carbonyl (C=O) groups excluding carboxylic acids is 1. The smallest absolute Gasteiger partial charge is 0.338 e. The van der Waals surface area contributed by atoms with Gasteiger partial charge in [-0.2, -0.15) is 0 Å². The van der Waals surface area contributed by atoms with Gasteiger partial charge in [-0.1, -0.05) is 36.4 Å². The Balaban J connectivity index is 1.64. The van der Waals surface area contributed by atoms with Crippen molar-refractivity contribution in [2.75, 3.05) is 6.61 Å². The molecule has 1 aromatic heterocycles. The van der Waals surface area contributed by atoms with Crippen molar-refractivity contribution < 1.29 is 14.6 Å². The Bertz CT molecular complexity index is 800. The molecule has 0 spiro atoms. The summed E-state index contributed by atoms with van der Waals surface area (Å²) in [5.74, 6) is -0.190. The number of hydrogen-bond acceptors (Lipinski definition) is 4. The van der Waals surface area contributed by atoms with E-state index in [-0.39, 0.29) is 18.3 Å². The highest BCUT2D eigenvalue weighted by Gasteiger charge is 2.07. The van der Waals surface area contributed by atoms with Gasteiger partial charge in [0.05, 0.1) is 12.2 Å². The second kappa shape index (κ2) is 6.26. The second-order valence-electron chi connectivity index (χ2n) is 4.90. The Labute approximate surface area is 128 Å². The lowest BCUT2D eigenvalue weighted by Gasteiger charge is -2.06. The molecule has 2 aromatic carbocycles. The zero-order valence-corrected chi connectivity index (χ0v) is 11.9. The molecule has 0 aliphatic heterocycles. The van der Waals surface area contributed by atoms with Crippen molar-refractivity contribution in [1.29, 1.82) is 0 Å². The molecule has 0 saturated carbocycles. The van der Waals surface area contributed by atoms with E-state index in [1.54, 1.807) is 36.4 Å². The van der Waals surface area contributed by atoms with Crippen LogP contribution in [0.3, 0.4) is 0 Å². The first-order valence-corrected chi connectivity index (χ1v) is 7.04. The lowest BCUT2D eigenvalue weighted by molar-refractivity contribution is 0.0508. The van der Waals surface area contributed by atoms with Crippen LogP contribution in [-0.2, 0) is 11.2 Å². The van der Waals surface area contributed by atoms with Gasteiger partial charge in [-0.25, -0.2) is 9.78 Å². The predicted molar refractivity (Wildman–Crippen MR) is 83.8 cm³/mol. The van der Waals surface area contributed by atoms with Crippen LogP contribution in [0, 0.1) is 0 Å². The van der Waals surface area contributed by atoms with Gasteiger partial charge in [0.25, 0.3) is 0 Å². The monoisotopic (exact) mass is 293 g/mol. The standard InChI is InChI=1S/C18H15NO3/c20-16-8-4-7-13-9-10-15(19-17(13)16)11-12-22-18(21)14-5-2-1-3-6-14/h1-10,20H,11-12H2. The van der Waals surface area contributed by atoms with E-state index >= 15 is 0 Å². The number of carbonyl (C=O) groups is 1. The highest BCUT2D eigenvalue weighted by Crippen LogP contribution is 2.22. The summed E-state index contributed by atoms with van der Waals surface area (Å²) in [6, 6.07) is 17.9. The van der Waals surface area contributed by atoms with Crippen molar-refractivity contribution in [3.8, 4) is 5.75 Å². The van der Waals surface area contributed by atoms with Crippen LogP contribution in [0.15, 0.2) is 60.7 Å². The number of fused-ring (bicyclic) bond motifs is 1. The Hall–Kier alpha value is -2.88. The summed E-state index contributed by atoms with van der Waals surface area (Å²) in [6.07, 6.45) is 0.503. The molecule has 110 valence electrons. The number of esters is 1. The number of hydrogen-bond donors (Lipinski definition) is 1. The number of nitrogens with zero attached hydrogens (tertiary/aromatic N) is 1. The fraction of sp³-hybridized carbons (Fsp3) is 0.111. The summed E-state index contributed by atoms with van der Waals surface area (Å²) in [6.45, 7) is 0.250. The molecule has 0 radical (unpaired) electrons. The van der Waals surface area contributed by atoms with Crippen LogP contribution < -0.4 is 0 Å². The average molecular weight is 293 g/mol. The molecule has 1 heterocycles. The number of phenolic OH excluding ortho intramolecular Hbond substituents is 1. The molecule has 22 heavy (non-hydrogen) atoms. The first kappa shape index (κ1) is 14.1. The number of aromatic nitrogens is 1. The van der Waals surface area contributed by atoms with Gasteiger partial charge in [-0.3, -0.25) is 0 Å². The van der Waals surface area contributed by atoms with Crippen molar-refractivity contribution in [1.82, 2.24) is 4.98 Å². The van der Waals surface area contributed by atoms with E-state index in [1.807, 2.05) is 24.3 Å². The quantitative estimate of drug-likeness (QED) is 0.749. The minimum Gasteiger partial charge on any atom is -0.506 e. The number of ether oxygens (including phenoxy) is 1. The van der Waals surface area contributed by atoms with Crippen molar-refractivity contribution in [2.24, 2.45) is 0 Å². The first-order chi connectivity index (χ1) is 10.7. The van der Waals surface area contributed by atoms with Gasteiger partial charge in [0.2, 0.25) is 0 Å². The molecule has 0 atom stereocenters. The summed E-state index contributed by atoms with van der Waals surface area (Å²) in [5, 5.41) is 10.7. The van der Waals surface area contributed by atoms with Gasteiger partial charge < -0.3 is 9.84 Å². The van der Waals surface area contributed by atoms with Gasteiger partial charge in [-0.15, -0.1) is 0 Å². The highest BCUT2D eigenvalue weighted by molar-refractivity contribution is 5.89. The maximum absolute atomic E-state index is 11.8. The second-order valence-corrected chi connectivity index (χ2v) is 4.90. The summed E-state index contributed by atoms with van der Waals surface area (Å²) in [7, 11) is 0. The maximum Gasteiger partial charge on any atom is 0.338 e. The number of phenols is 1. The van der Waals surface area contributed by atoms with Crippen molar-refractivity contribution >= 4 is 16.9 Å². The number of aromatic hydroxyl groups is 1. The molecule has 0 unspecified atom stereocenters. The molecule has 4 nitrogen and oxygen atoms in total. The van der Waals surface area contributed by atoms with E-state index in [1.165, 1.54) is 0 Å². The number of rotatable bonds is 4. The van der Waals surface area contributed by atoms with Crippen LogP contribution in [0.25, 0.3) is 10.9 Å². The maximum atomic E-state index is 11.8. The Morgan fingerprint density at radius 3 is 2.64 bits per heavy atom. The van der Waals surface area contributed by atoms with Crippen LogP contribution in [0.5, 0.6) is 5.75 Å². The van der Waals surface area contributed by atoms with Crippen LogP contribution in [-0.4, -0.2) is 22.7 Å². The SMILES string of the molecule is O=C(OCCc1ccc2cccc(O)c2n1)c1ccccc1. The van der Waals surface area contributed by atoms with Crippen molar-refractivity contribution in [3.05, 3.63) is 71.9 Å². The van der Waals surface area contributed by atoms with Crippen molar-refractivity contribution in [2.45, 2.75) is 6.42 Å². The fourth-order valence-electron chi connectivity index (χ4n) is 2.22. The van der Waals surface area contributed by atoms with Gasteiger partial charge in [0.1, 0.15) is 11.3 Å². The summed E-state index contributed by atoms with van der Waals surface area (Å²) < 4.78 is 5.23. The third-order valence-corrected chi connectivity index (χ3v) is 3.36. The molecule has 0 aliphatic rings. The van der Waals surface area contributed by atoms with E-state index < -0.39 is 0 Å². The summed E-state index contributed by atoms with van der Waals surface area (Å²) >= 11 is 0. The molecular formula is C18H15NO3. The van der Waals surface area contributed by atoms with E-state index in [0.717, 1.165) is 11.1 Å². The largest absolute Gasteiger partial charge is 0.506 e. The van der Waals surface area contributed by atoms with E-state index in [2.05, 4.69) is 4.98 Å². The minimum atomic E-state index is -0.343. The number of benzene rings is 2. The van der Waals surface area contributed by atoms with Gasteiger partial charge in [0, 0.05) is 17.5 Å². The minimum absolute atomic E-state index is 0.153. The molecule has 0 fully saturated rings. The van der Waals surface area contributed by atoms with Crippen LogP contribution in [0.4, 0.5) is 0 Å². The van der Waals surface area contributed by atoms with E-state index in [0.29, 0.717) is 17.5 Å². The number of pyridine rings is 1. The molecule has 0 aliphatic carbocycles. The predicted octanol–water partition coefficient (Wildman–Crippen LogP) is 3.34. The molecule has 0 saturated heterocycles. The topological polar surface area (TPSA) is 59.4 Å². The fourth-order valence-corrected chi connectivity index (χ4v) is 2.22. The Morgan fingerprint density at radius 1 is 1.00 bits per heavy atom. The van der Waals surface area contributed by atoms with E-state index in [9.17, 15) is 9.90 Å². The zero-order chi connectivity index (χ0) is 15.4. The summed E-state index contributed by atoms with van der Waals surface area (Å²) in [5.41, 5.74) is 1.87. The van der Waals surface area contributed by atoms with Crippen LogP contribution >= 0.6 is 0 Å². The first-order valence-electron chi connectivity index (χ1n) is 7.04. The third kappa shape index (κ3) is 3.06. The van der Waals surface area contributed by atoms with E-state index in [4.69, 9.17) is 4.74 Å². The Morgan fingerprint density at radius 2 is 1.82 bits per heavy atom. The van der Waals surface area contributed by atoms with Crippen LogP contribution in [0.2, 0.25) is 0 Å². The van der Waals surface area contributed by atoms with Crippen molar-refractivity contribution in [3.63, 3.8) is 0 Å². The highest BCUT2D eigenvalue weighted by atomic mass is 16.5. The molecule has 0 amide bonds. The third-order valence-electron chi connectivity index (χ3n) is 3.36. The molecule has 3 aromatic rings. The molecule has 4 heteroatoms. The molecule has 0 bridgehead atoms. The zero-order valence-electron chi connectivity index (χ0n) is 11.9. The molecular weight excluding hydrogens is 278 g/mol. The lowest BCUT2D eigenvalue weighted by Crippen LogP contribution is -2.08. The lowest BCUT2D eigenvalue weighted by atomic mass is 10.1. The van der Waals surface area contributed by atoms with Gasteiger partial charge >= 0.3 is 5.97 Å². The molecule has 1 N–H and O–H groups in total. The van der Waals surface area contributed by atoms with Gasteiger partial charge in [0.15, 0.2) is 0 Å². The van der Waals surface area contributed by atoms with Gasteiger partial charge in [-0.05, 0) is 24.3 Å². The Kier molecular flexibility index (Phi) is 4.01. The number of para-hydroxylation sites is 1.